The zero-order chi connectivity index (χ0) is 39.5. The molecule has 276 valence electrons. The maximum absolute atomic E-state index is 12.4. The summed E-state index contributed by atoms with van der Waals surface area (Å²) in [7, 11) is -9.14. The van der Waals surface area contributed by atoms with Gasteiger partial charge in [-0.05, 0) is 64.9 Å². The summed E-state index contributed by atoms with van der Waals surface area (Å²) in [6.07, 6.45) is 0. The molecule has 6 aromatic rings. The van der Waals surface area contributed by atoms with Gasteiger partial charge in [-0.1, -0.05) is 77.5 Å². The molecule has 0 saturated carbocycles. The van der Waals surface area contributed by atoms with Gasteiger partial charge in [0.2, 0.25) is 0 Å². The Kier molecular flexibility index (Phi) is 13.6. The number of aromatic hydroxyl groups is 1. The number of azo groups is 2. The van der Waals surface area contributed by atoms with Gasteiger partial charge in [0.25, 0.3) is 20.2 Å². The van der Waals surface area contributed by atoms with Gasteiger partial charge in [0.1, 0.15) is 21.0 Å². The zero-order valence-electron chi connectivity index (χ0n) is 27.4. The van der Waals surface area contributed by atoms with Crippen LogP contribution >= 0.6 is 23.2 Å². The molecule has 6 rings (SSSR count). The summed E-state index contributed by atoms with van der Waals surface area (Å²) in [5.41, 5.74) is -1.25. The smallest absolute Gasteiger partial charge is 0.871 e. The molecule has 16 nitrogen and oxygen atoms in total. The van der Waals surface area contributed by atoms with Crippen LogP contribution in [0.1, 0.15) is 20.7 Å². The molecule has 21 heteroatoms. The molecule has 0 atom stereocenters. The molecular weight excluding hydrogens is 832 g/mol. The van der Waals surface area contributed by atoms with Crippen LogP contribution in [-0.4, -0.2) is 85.8 Å². The molecule has 0 aliphatic heterocycles. The molecule has 0 aromatic heterocycles. The number of carboxylic acids is 2. The Morgan fingerprint density at radius 1 is 0.618 bits per heavy atom. The van der Waals surface area contributed by atoms with E-state index >= 15 is 0 Å². The van der Waals surface area contributed by atoms with Crippen molar-refractivity contribution in [2.75, 3.05) is 0 Å². The SMILES string of the molecule is O=C(O)c1cc2ccccc2c(N=Nc2ccc(Cl)c(S(=O)(=O)O)c2)c1O.O=C([O-])c1cc2ccccc2c(N=Nc2ccc(Cl)c(S(=O)(=O)O)c2)c1[O-].[Ca+2]. The van der Waals surface area contributed by atoms with Crippen molar-refractivity contribution in [3.63, 3.8) is 0 Å². The number of carbonyl (C=O) groups excluding carboxylic acids is 1. The molecule has 0 heterocycles. The Morgan fingerprint density at radius 3 is 1.47 bits per heavy atom. The van der Waals surface area contributed by atoms with E-state index in [-0.39, 0.29) is 76.1 Å². The minimum Gasteiger partial charge on any atom is -0.871 e. The number of carboxylic acid groups (broad SMARTS) is 2. The van der Waals surface area contributed by atoms with E-state index in [0.717, 1.165) is 12.1 Å². The van der Waals surface area contributed by atoms with Gasteiger partial charge >= 0.3 is 43.7 Å². The second-order valence-electron chi connectivity index (χ2n) is 10.8. The fourth-order valence-electron chi connectivity index (χ4n) is 4.86. The molecule has 55 heavy (non-hydrogen) atoms. The quantitative estimate of drug-likeness (QED) is 0.0701. The first kappa shape index (κ1) is 43.0. The number of aromatic carboxylic acids is 2. The van der Waals surface area contributed by atoms with Crippen molar-refractivity contribution >= 4 is 137 Å². The third kappa shape index (κ3) is 9.92. The number of hydrogen-bond donors (Lipinski definition) is 4. The molecule has 0 aliphatic rings. The van der Waals surface area contributed by atoms with Gasteiger partial charge < -0.3 is 25.2 Å². The Morgan fingerprint density at radius 2 is 1.04 bits per heavy atom. The van der Waals surface area contributed by atoms with Gasteiger partial charge in [0.05, 0.1) is 33.1 Å². The van der Waals surface area contributed by atoms with Crippen LogP contribution in [0.15, 0.2) is 127 Å². The normalized spacial score (nSPS) is 11.7. The molecule has 0 amide bonds. The van der Waals surface area contributed by atoms with E-state index < -0.39 is 59.0 Å². The second kappa shape index (κ2) is 17.4. The summed E-state index contributed by atoms with van der Waals surface area (Å²) in [6, 6.07) is 22.6. The molecule has 6 aromatic carbocycles. The third-order valence-electron chi connectivity index (χ3n) is 7.34. The van der Waals surface area contributed by atoms with Gasteiger partial charge in [0.15, 0.2) is 5.75 Å². The van der Waals surface area contributed by atoms with Crippen LogP contribution in [0.5, 0.6) is 11.5 Å². The van der Waals surface area contributed by atoms with Crippen LogP contribution in [0.25, 0.3) is 21.5 Å². The van der Waals surface area contributed by atoms with Crippen molar-refractivity contribution in [3.8, 4) is 11.5 Å². The van der Waals surface area contributed by atoms with Crippen molar-refractivity contribution in [2.24, 2.45) is 20.5 Å². The van der Waals surface area contributed by atoms with Gasteiger partial charge in [-0.2, -0.15) is 32.2 Å². The molecule has 0 radical (unpaired) electrons. The number of carbonyl (C=O) groups is 2. The van der Waals surface area contributed by atoms with Gasteiger partial charge in [-0.3, -0.25) is 9.11 Å². The summed E-state index contributed by atoms with van der Waals surface area (Å²) in [5.74, 6) is -4.45. The predicted octanol–water partition coefficient (Wildman–Crippen LogP) is 6.77. The fraction of sp³-hybridized carbons (Fsp3) is 0. The molecule has 0 aliphatic carbocycles. The van der Waals surface area contributed by atoms with Crippen LogP contribution in [-0.2, 0) is 20.2 Å². The number of benzene rings is 6. The van der Waals surface area contributed by atoms with E-state index in [2.05, 4.69) is 20.5 Å². The van der Waals surface area contributed by atoms with E-state index in [1.807, 2.05) is 0 Å². The average Bonchev–Trinajstić information content (AvgIpc) is 3.10. The van der Waals surface area contributed by atoms with E-state index in [0.29, 0.717) is 21.5 Å². The second-order valence-corrected chi connectivity index (χ2v) is 14.4. The van der Waals surface area contributed by atoms with Crippen LogP contribution in [0, 0.1) is 0 Å². The maximum atomic E-state index is 12.4. The molecule has 0 unspecified atom stereocenters. The number of phenols is 1. The Bertz CT molecular complexity index is 2610. The molecule has 0 saturated heterocycles. The van der Waals surface area contributed by atoms with E-state index in [4.69, 9.17) is 27.8 Å². The summed E-state index contributed by atoms with van der Waals surface area (Å²) in [4.78, 5) is 21.4. The van der Waals surface area contributed by atoms with E-state index in [1.54, 1.807) is 48.5 Å². The monoisotopic (exact) mass is 850 g/mol. The minimum atomic E-state index is -4.58. The third-order valence-corrected chi connectivity index (χ3v) is 10.0. The number of rotatable bonds is 8. The number of nitrogens with zero attached hydrogens (tertiary/aromatic N) is 4. The summed E-state index contributed by atoms with van der Waals surface area (Å²) < 4.78 is 63.6. The first-order valence-electron chi connectivity index (χ1n) is 14.7. The Balaban J connectivity index is 0.000000240. The Hall–Kier alpha value is -4.76. The van der Waals surface area contributed by atoms with E-state index in [1.165, 1.54) is 36.4 Å². The zero-order valence-corrected chi connectivity index (χ0v) is 32.7. The molecule has 0 fully saturated rings. The molecule has 0 spiro atoms. The molecular formula is C34H20CaCl2N4O12S2. The van der Waals surface area contributed by atoms with Gasteiger partial charge in [-0.25, -0.2) is 4.79 Å². The van der Waals surface area contributed by atoms with Crippen molar-refractivity contribution in [1.29, 1.82) is 0 Å². The van der Waals surface area contributed by atoms with Crippen molar-refractivity contribution in [2.45, 2.75) is 9.79 Å². The first-order chi connectivity index (χ1) is 25.4. The van der Waals surface area contributed by atoms with Crippen LogP contribution in [0.4, 0.5) is 22.7 Å². The van der Waals surface area contributed by atoms with Gasteiger partial charge in [0, 0.05) is 10.8 Å². The standard InChI is InChI=1S/2C17H11ClN2O6S.Ca/c2*18-13-6-5-10(8-14(13)27(24,25)26)19-20-15-11-4-2-1-3-9(11)7-12(16(15)21)17(22)23;/h2*1-8,21H,(H,22,23)(H,24,25,26);/q;;+2/p-2. The minimum absolute atomic E-state index is 0. The topological polar surface area (TPSA) is 279 Å². The Labute approximate surface area is 350 Å². The molecule has 0 bridgehead atoms. The number of halogens is 2. The average molecular weight is 852 g/mol. The summed E-state index contributed by atoms with van der Waals surface area (Å²) in [6.45, 7) is 0. The van der Waals surface area contributed by atoms with Crippen molar-refractivity contribution < 1.29 is 56.0 Å². The molecule has 4 N–H and O–H groups in total. The largest absolute Gasteiger partial charge is 2.00 e. The van der Waals surface area contributed by atoms with Crippen LogP contribution < -0.4 is 10.2 Å². The first-order valence-corrected chi connectivity index (χ1v) is 18.3. The maximum Gasteiger partial charge on any atom is 2.00 e. The summed E-state index contributed by atoms with van der Waals surface area (Å²) in [5, 5.41) is 59.8. The predicted molar refractivity (Wildman–Crippen MR) is 197 cm³/mol. The van der Waals surface area contributed by atoms with Crippen LogP contribution in [0.2, 0.25) is 10.0 Å². The fourth-order valence-corrected chi connectivity index (χ4v) is 6.85. The van der Waals surface area contributed by atoms with Crippen LogP contribution in [0.3, 0.4) is 0 Å². The number of fused-ring (bicyclic) bond motifs is 2. The van der Waals surface area contributed by atoms with E-state index in [9.17, 15) is 51.4 Å². The number of hydrogen-bond acceptors (Lipinski definition) is 13. The van der Waals surface area contributed by atoms with Crippen molar-refractivity contribution in [3.05, 3.63) is 118 Å². The summed E-state index contributed by atoms with van der Waals surface area (Å²) >= 11 is 11.5. The van der Waals surface area contributed by atoms with Crippen molar-refractivity contribution in [1.82, 2.24) is 0 Å². The van der Waals surface area contributed by atoms with Gasteiger partial charge in [-0.15, -0.1) is 5.11 Å².